The van der Waals surface area contributed by atoms with Crippen molar-refractivity contribution in [2.24, 2.45) is 0 Å². The van der Waals surface area contributed by atoms with E-state index in [1.165, 1.54) is 0 Å². The van der Waals surface area contributed by atoms with Crippen LogP contribution in [0.4, 0.5) is 11.4 Å². The molecule has 132 valence electrons. The van der Waals surface area contributed by atoms with Crippen LogP contribution in [0.1, 0.15) is 23.7 Å². The zero-order valence-corrected chi connectivity index (χ0v) is 15.2. The molecule has 2 aromatic rings. The van der Waals surface area contributed by atoms with E-state index in [1.807, 2.05) is 6.92 Å². The summed E-state index contributed by atoms with van der Waals surface area (Å²) in [5.41, 5.74) is 1.67. The highest BCUT2D eigenvalue weighted by Crippen LogP contribution is 2.25. The number of amides is 2. The Kier molecular flexibility index (Phi) is 7.10. The lowest BCUT2D eigenvalue weighted by Crippen LogP contribution is -2.24. The number of carbonyl (C=O) groups excluding carboxylic acids is 2. The van der Waals surface area contributed by atoms with Crippen LogP contribution in [-0.2, 0) is 4.79 Å². The molecule has 0 fully saturated rings. The summed E-state index contributed by atoms with van der Waals surface area (Å²) in [5, 5.41) is 9.38. The van der Waals surface area contributed by atoms with E-state index in [2.05, 4.69) is 16.0 Å². The topological polar surface area (TPSA) is 70.2 Å². The Morgan fingerprint density at radius 3 is 2.64 bits per heavy atom. The molecule has 0 saturated heterocycles. The Labute approximate surface area is 156 Å². The molecule has 7 heteroatoms. The second-order valence-corrected chi connectivity index (χ2v) is 6.21. The highest BCUT2D eigenvalue weighted by atomic mass is 35.5. The van der Waals surface area contributed by atoms with Gasteiger partial charge in [0.15, 0.2) is 0 Å². The van der Waals surface area contributed by atoms with Gasteiger partial charge in [-0.1, -0.05) is 36.2 Å². The first kappa shape index (κ1) is 19.1. The molecular weight excluding hydrogens is 361 g/mol. The minimum atomic E-state index is -0.273. The van der Waals surface area contributed by atoms with E-state index in [1.54, 1.807) is 42.5 Å². The Morgan fingerprint density at radius 2 is 1.88 bits per heavy atom. The first-order valence-corrected chi connectivity index (χ1v) is 8.62. The number of benzene rings is 2. The van der Waals surface area contributed by atoms with Gasteiger partial charge >= 0.3 is 0 Å². The normalized spacial score (nSPS) is 10.2. The van der Waals surface area contributed by atoms with Crippen LogP contribution in [-0.4, -0.2) is 24.9 Å². The van der Waals surface area contributed by atoms with Crippen LogP contribution in [0.2, 0.25) is 10.0 Å². The molecule has 0 aliphatic heterocycles. The molecule has 0 saturated carbocycles. The summed E-state index contributed by atoms with van der Waals surface area (Å²) in [7, 11) is 0. The Hall–Kier alpha value is -2.24. The van der Waals surface area contributed by atoms with Gasteiger partial charge in [0.2, 0.25) is 5.91 Å². The van der Waals surface area contributed by atoms with E-state index in [9.17, 15) is 9.59 Å². The summed E-state index contributed by atoms with van der Waals surface area (Å²) in [6.07, 6.45) is 0.871. The minimum absolute atomic E-state index is 0.0306. The van der Waals surface area contributed by atoms with Crippen molar-refractivity contribution in [1.29, 1.82) is 0 Å². The van der Waals surface area contributed by atoms with Crippen LogP contribution in [0.5, 0.6) is 0 Å². The number of rotatable bonds is 7. The maximum atomic E-state index is 12.1. The number of carbonyl (C=O) groups is 2. The minimum Gasteiger partial charge on any atom is -0.376 e. The zero-order chi connectivity index (χ0) is 18.2. The van der Waals surface area contributed by atoms with E-state index >= 15 is 0 Å². The molecule has 0 aromatic heterocycles. The van der Waals surface area contributed by atoms with Crippen molar-refractivity contribution < 1.29 is 9.59 Å². The molecular formula is C18H19Cl2N3O2. The van der Waals surface area contributed by atoms with Crippen molar-refractivity contribution in [3.05, 3.63) is 58.1 Å². The molecule has 0 bridgehead atoms. The van der Waals surface area contributed by atoms with Gasteiger partial charge in [0.05, 0.1) is 17.3 Å². The third kappa shape index (κ3) is 5.96. The average Bonchev–Trinajstić information content (AvgIpc) is 2.61. The predicted octanol–water partition coefficient (Wildman–Crippen LogP) is 4.18. The molecule has 0 atom stereocenters. The fourth-order valence-electron chi connectivity index (χ4n) is 2.08. The van der Waals surface area contributed by atoms with Crippen LogP contribution >= 0.6 is 23.2 Å². The van der Waals surface area contributed by atoms with Crippen molar-refractivity contribution >= 4 is 46.4 Å². The third-order valence-electron chi connectivity index (χ3n) is 3.32. The SMILES string of the molecule is CCCNC(=O)c1cccc(NCC(=O)Nc2cc(Cl)ccc2Cl)c1. The first-order valence-electron chi connectivity index (χ1n) is 7.86. The van der Waals surface area contributed by atoms with Gasteiger partial charge < -0.3 is 16.0 Å². The lowest BCUT2D eigenvalue weighted by Gasteiger charge is -2.10. The predicted molar refractivity (Wildman–Crippen MR) is 103 cm³/mol. The molecule has 2 rings (SSSR count). The van der Waals surface area contributed by atoms with Crippen LogP contribution in [0.25, 0.3) is 0 Å². The van der Waals surface area contributed by atoms with Crippen molar-refractivity contribution in [3.8, 4) is 0 Å². The van der Waals surface area contributed by atoms with Gasteiger partial charge in [0, 0.05) is 22.8 Å². The quantitative estimate of drug-likeness (QED) is 0.675. The average molecular weight is 380 g/mol. The van der Waals surface area contributed by atoms with Crippen LogP contribution < -0.4 is 16.0 Å². The number of anilines is 2. The first-order chi connectivity index (χ1) is 12.0. The molecule has 2 amide bonds. The largest absolute Gasteiger partial charge is 0.376 e. The maximum Gasteiger partial charge on any atom is 0.251 e. The molecule has 0 radical (unpaired) electrons. The Bertz CT molecular complexity index is 766. The number of nitrogens with one attached hydrogen (secondary N) is 3. The molecule has 25 heavy (non-hydrogen) atoms. The van der Waals surface area contributed by atoms with E-state index in [0.717, 1.165) is 6.42 Å². The summed E-state index contributed by atoms with van der Waals surface area (Å²) in [6, 6.07) is 11.8. The standard InChI is InChI=1S/C18H19Cl2N3O2/c1-2-8-21-18(25)12-4-3-5-14(9-12)22-11-17(24)23-16-10-13(19)6-7-15(16)20/h3-7,9-10,22H,2,8,11H2,1H3,(H,21,25)(H,23,24). The van der Waals surface area contributed by atoms with Crippen molar-refractivity contribution in [3.63, 3.8) is 0 Å². The highest BCUT2D eigenvalue weighted by Gasteiger charge is 2.08. The van der Waals surface area contributed by atoms with Gasteiger partial charge in [0.1, 0.15) is 0 Å². The van der Waals surface area contributed by atoms with Crippen molar-refractivity contribution in [2.45, 2.75) is 13.3 Å². The van der Waals surface area contributed by atoms with Crippen LogP contribution in [0.3, 0.4) is 0 Å². The summed E-state index contributed by atoms with van der Waals surface area (Å²) in [6.45, 7) is 2.64. The highest BCUT2D eigenvalue weighted by molar-refractivity contribution is 6.35. The molecule has 2 aromatic carbocycles. The van der Waals surface area contributed by atoms with Crippen LogP contribution in [0, 0.1) is 0 Å². The Balaban J connectivity index is 1.93. The van der Waals surface area contributed by atoms with Gasteiger partial charge in [0.25, 0.3) is 5.91 Å². The molecule has 3 N–H and O–H groups in total. The Morgan fingerprint density at radius 1 is 1.08 bits per heavy atom. The molecule has 5 nitrogen and oxygen atoms in total. The van der Waals surface area contributed by atoms with E-state index in [-0.39, 0.29) is 18.4 Å². The summed E-state index contributed by atoms with van der Waals surface area (Å²) >= 11 is 11.9. The lowest BCUT2D eigenvalue weighted by molar-refractivity contribution is -0.114. The monoisotopic (exact) mass is 379 g/mol. The fraction of sp³-hybridized carbons (Fsp3) is 0.222. The van der Waals surface area contributed by atoms with E-state index < -0.39 is 0 Å². The van der Waals surface area contributed by atoms with Crippen LogP contribution in [0.15, 0.2) is 42.5 Å². The fourth-order valence-corrected chi connectivity index (χ4v) is 2.42. The van der Waals surface area contributed by atoms with E-state index in [4.69, 9.17) is 23.2 Å². The second-order valence-electron chi connectivity index (χ2n) is 5.36. The van der Waals surface area contributed by atoms with Gasteiger partial charge in [-0.05, 0) is 42.8 Å². The number of halogens is 2. The zero-order valence-electron chi connectivity index (χ0n) is 13.7. The van der Waals surface area contributed by atoms with Gasteiger partial charge in [-0.15, -0.1) is 0 Å². The lowest BCUT2D eigenvalue weighted by atomic mass is 10.2. The van der Waals surface area contributed by atoms with Crippen molar-refractivity contribution in [1.82, 2.24) is 5.32 Å². The van der Waals surface area contributed by atoms with E-state index in [0.29, 0.717) is 33.5 Å². The summed E-state index contributed by atoms with van der Waals surface area (Å²) in [5.74, 6) is -0.411. The smallest absolute Gasteiger partial charge is 0.251 e. The molecule has 0 unspecified atom stereocenters. The second kappa shape index (κ2) is 9.30. The number of hydrogen-bond acceptors (Lipinski definition) is 3. The molecule has 0 heterocycles. The third-order valence-corrected chi connectivity index (χ3v) is 3.88. The number of hydrogen-bond donors (Lipinski definition) is 3. The molecule has 0 aliphatic rings. The van der Waals surface area contributed by atoms with Gasteiger partial charge in [-0.25, -0.2) is 0 Å². The summed E-state index contributed by atoms with van der Waals surface area (Å²) < 4.78 is 0. The van der Waals surface area contributed by atoms with Gasteiger partial charge in [-0.2, -0.15) is 0 Å². The molecule has 0 aliphatic carbocycles. The maximum absolute atomic E-state index is 12.1. The summed E-state index contributed by atoms with van der Waals surface area (Å²) in [4.78, 5) is 24.0. The van der Waals surface area contributed by atoms with Gasteiger partial charge in [-0.3, -0.25) is 9.59 Å². The van der Waals surface area contributed by atoms with Crippen molar-refractivity contribution in [2.75, 3.05) is 23.7 Å². The molecule has 0 spiro atoms.